The first-order chi connectivity index (χ1) is 16.4. The molecule has 2 heterocycles. The Hall–Kier alpha value is -3.12. The largest absolute Gasteiger partial charge is 0.493 e. The van der Waals surface area contributed by atoms with Crippen molar-refractivity contribution in [3.63, 3.8) is 0 Å². The number of methoxy groups -OCH3 is 1. The van der Waals surface area contributed by atoms with Gasteiger partial charge in [0, 0.05) is 18.5 Å². The van der Waals surface area contributed by atoms with Gasteiger partial charge in [0.2, 0.25) is 5.89 Å². The van der Waals surface area contributed by atoms with Crippen molar-refractivity contribution < 1.29 is 18.7 Å². The van der Waals surface area contributed by atoms with Crippen molar-refractivity contribution in [1.29, 1.82) is 0 Å². The topological polar surface area (TPSA) is 64.8 Å². The number of hydrogen-bond donors (Lipinski definition) is 0. The summed E-state index contributed by atoms with van der Waals surface area (Å²) < 4.78 is 17.0. The van der Waals surface area contributed by atoms with E-state index in [0.29, 0.717) is 25.5 Å². The number of carbonyl (C=O) groups excluding carboxylic acids is 1. The predicted octanol–water partition coefficient (Wildman–Crippen LogP) is 5.50. The van der Waals surface area contributed by atoms with Crippen LogP contribution in [0.5, 0.6) is 5.75 Å². The Kier molecular flexibility index (Phi) is 7.37. The normalized spacial score (nSPS) is 18.6. The van der Waals surface area contributed by atoms with E-state index in [4.69, 9.17) is 13.9 Å². The molecule has 1 aliphatic rings. The maximum absolute atomic E-state index is 12.5. The second kappa shape index (κ2) is 10.4. The van der Waals surface area contributed by atoms with E-state index in [0.717, 1.165) is 54.1 Å². The van der Waals surface area contributed by atoms with Gasteiger partial charge < -0.3 is 13.9 Å². The zero-order valence-electron chi connectivity index (χ0n) is 20.6. The van der Waals surface area contributed by atoms with Gasteiger partial charge in [0.25, 0.3) is 0 Å². The molecule has 6 heteroatoms. The van der Waals surface area contributed by atoms with E-state index in [9.17, 15) is 4.79 Å². The van der Waals surface area contributed by atoms with Gasteiger partial charge in [-0.15, -0.1) is 0 Å². The molecule has 0 radical (unpaired) electrons. The number of oxazole rings is 1. The molecule has 0 N–H and O–H groups in total. The second-order valence-electron chi connectivity index (χ2n) is 9.28. The van der Waals surface area contributed by atoms with Gasteiger partial charge in [-0.1, -0.05) is 29.8 Å². The van der Waals surface area contributed by atoms with E-state index >= 15 is 0 Å². The molecule has 0 spiro atoms. The van der Waals surface area contributed by atoms with Crippen LogP contribution in [-0.4, -0.2) is 41.7 Å². The summed E-state index contributed by atoms with van der Waals surface area (Å²) in [5.74, 6) is 2.12. The number of piperidine rings is 1. The summed E-state index contributed by atoms with van der Waals surface area (Å²) in [4.78, 5) is 19.4. The SMILES string of the molecule is COC(=O)C1(C)CCCCN1Cc1cccc(OCCc2nc(-c3ccc(C)cc3)oc2C)c1. The van der Waals surface area contributed by atoms with E-state index in [1.165, 1.54) is 12.7 Å². The van der Waals surface area contributed by atoms with Crippen LogP contribution in [0.2, 0.25) is 0 Å². The summed E-state index contributed by atoms with van der Waals surface area (Å²) in [6.07, 6.45) is 3.61. The van der Waals surface area contributed by atoms with Crippen LogP contribution in [-0.2, 0) is 22.5 Å². The maximum Gasteiger partial charge on any atom is 0.325 e. The third-order valence-electron chi connectivity index (χ3n) is 6.74. The number of ether oxygens (including phenoxy) is 2. The molecule has 6 nitrogen and oxygen atoms in total. The summed E-state index contributed by atoms with van der Waals surface area (Å²) >= 11 is 0. The quantitative estimate of drug-likeness (QED) is 0.412. The number of likely N-dealkylation sites (tertiary alicyclic amines) is 1. The van der Waals surface area contributed by atoms with Crippen LogP contribution in [0.3, 0.4) is 0 Å². The maximum atomic E-state index is 12.5. The standard InChI is InChI=1S/C28H34N2O4/c1-20-10-12-23(13-11-20)26-29-25(21(2)34-26)14-17-33-24-9-7-8-22(18-24)19-30-16-6-5-15-28(30,3)27(31)32-4/h7-13,18H,5-6,14-17,19H2,1-4H3. The van der Waals surface area contributed by atoms with E-state index in [-0.39, 0.29) is 5.97 Å². The lowest BCUT2D eigenvalue weighted by Crippen LogP contribution is -2.55. The molecular weight excluding hydrogens is 428 g/mol. The molecule has 0 amide bonds. The van der Waals surface area contributed by atoms with E-state index < -0.39 is 5.54 Å². The fourth-order valence-corrected chi connectivity index (χ4v) is 4.58. The highest BCUT2D eigenvalue weighted by molar-refractivity contribution is 5.80. The molecule has 0 aliphatic carbocycles. The average Bonchev–Trinajstić information content (AvgIpc) is 3.21. The molecule has 3 aromatic rings. The van der Waals surface area contributed by atoms with Crippen LogP contribution in [0.25, 0.3) is 11.5 Å². The van der Waals surface area contributed by atoms with Gasteiger partial charge in [-0.25, -0.2) is 4.98 Å². The summed E-state index contributed by atoms with van der Waals surface area (Å²) in [5, 5.41) is 0. The first-order valence-electron chi connectivity index (χ1n) is 12.0. The minimum atomic E-state index is -0.580. The molecule has 1 fully saturated rings. The molecule has 34 heavy (non-hydrogen) atoms. The number of rotatable bonds is 8. The van der Waals surface area contributed by atoms with Crippen molar-refractivity contribution in [3.05, 3.63) is 71.1 Å². The fourth-order valence-electron chi connectivity index (χ4n) is 4.58. The molecule has 0 saturated carbocycles. The van der Waals surface area contributed by atoms with Crippen LogP contribution >= 0.6 is 0 Å². The summed E-state index contributed by atoms with van der Waals surface area (Å²) in [7, 11) is 1.47. The Bertz CT molecular complexity index is 1120. The first kappa shape index (κ1) is 24.0. The zero-order valence-corrected chi connectivity index (χ0v) is 20.6. The summed E-state index contributed by atoms with van der Waals surface area (Å²) in [6, 6.07) is 16.3. The minimum Gasteiger partial charge on any atom is -0.493 e. The molecular formula is C28H34N2O4. The average molecular weight is 463 g/mol. The van der Waals surface area contributed by atoms with Gasteiger partial charge in [-0.05, 0) is 76.4 Å². The molecule has 2 aromatic carbocycles. The zero-order chi connectivity index (χ0) is 24.1. The van der Waals surface area contributed by atoms with Crippen LogP contribution in [0.15, 0.2) is 52.9 Å². The Morgan fingerprint density at radius 2 is 1.94 bits per heavy atom. The predicted molar refractivity (Wildman–Crippen MR) is 132 cm³/mol. The van der Waals surface area contributed by atoms with Crippen LogP contribution in [0.1, 0.15) is 48.8 Å². The third-order valence-corrected chi connectivity index (χ3v) is 6.74. The van der Waals surface area contributed by atoms with Crippen molar-refractivity contribution in [2.75, 3.05) is 20.3 Å². The Labute approximate surface area is 201 Å². The Morgan fingerprint density at radius 3 is 2.71 bits per heavy atom. The molecule has 0 bridgehead atoms. The minimum absolute atomic E-state index is 0.160. The van der Waals surface area contributed by atoms with Gasteiger partial charge >= 0.3 is 5.97 Å². The molecule has 1 aliphatic heterocycles. The second-order valence-corrected chi connectivity index (χ2v) is 9.28. The van der Waals surface area contributed by atoms with E-state index in [2.05, 4.69) is 41.1 Å². The van der Waals surface area contributed by atoms with Crippen molar-refractivity contribution in [3.8, 4) is 17.2 Å². The number of benzene rings is 2. The first-order valence-corrected chi connectivity index (χ1v) is 12.0. The lowest BCUT2D eigenvalue weighted by atomic mass is 9.88. The summed E-state index contributed by atoms with van der Waals surface area (Å²) in [5.41, 5.74) is 3.63. The van der Waals surface area contributed by atoms with E-state index in [1.807, 2.05) is 38.1 Å². The molecule has 1 saturated heterocycles. The highest BCUT2D eigenvalue weighted by Gasteiger charge is 2.42. The van der Waals surface area contributed by atoms with Crippen molar-refractivity contribution >= 4 is 5.97 Å². The number of nitrogens with zero attached hydrogens (tertiary/aromatic N) is 2. The number of aryl methyl sites for hydroxylation is 2. The Morgan fingerprint density at radius 1 is 1.15 bits per heavy atom. The van der Waals surface area contributed by atoms with Gasteiger partial charge in [-0.3, -0.25) is 9.69 Å². The third kappa shape index (κ3) is 5.33. The number of esters is 1. The number of carbonyl (C=O) groups is 1. The number of aromatic nitrogens is 1. The van der Waals surface area contributed by atoms with Gasteiger partial charge in [-0.2, -0.15) is 0 Å². The lowest BCUT2D eigenvalue weighted by molar-refractivity contribution is -0.157. The molecule has 4 rings (SSSR count). The van der Waals surface area contributed by atoms with Gasteiger partial charge in [0.05, 0.1) is 19.4 Å². The monoisotopic (exact) mass is 462 g/mol. The fraction of sp³-hybridized carbons (Fsp3) is 0.429. The lowest BCUT2D eigenvalue weighted by Gasteiger charge is -2.42. The highest BCUT2D eigenvalue weighted by Crippen LogP contribution is 2.31. The summed E-state index contributed by atoms with van der Waals surface area (Å²) in [6.45, 7) is 8.07. The van der Waals surface area contributed by atoms with Crippen LogP contribution < -0.4 is 4.74 Å². The smallest absolute Gasteiger partial charge is 0.325 e. The van der Waals surface area contributed by atoms with Crippen molar-refractivity contribution in [1.82, 2.24) is 9.88 Å². The van der Waals surface area contributed by atoms with Crippen molar-refractivity contribution in [2.45, 2.75) is 58.5 Å². The molecule has 1 unspecified atom stereocenters. The number of hydrogen-bond acceptors (Lipinski definition) is 6. The van der Waals surface area contributed by atoms with E-state index in [1.54, 1.807) is 0 Å². The molecule has 1 atom stereocenters. The van der Waals surface area contributed by atoms with Crippen LogP contribution in [0, 0.1) is 13.8 Å². The van der Waals surface area contributed by atoms with Crippen LogP contribution in [0.4, 0.5) is 0 Å². The van der Waals surface area contributed by atoms with Gasteiger partial charge in [0.15, 0.2) is 0 Å². The molecule has 1 aromatic heterocycles. The van der Waals surface area contributed by atoms with Crippen molar-refractivity contribution in [2.24, 2.45) is 0 Å². The van der Waals surface area contributed by atoms with Gasteiger partial charge in [0.1, 0.15) is 17.0 Å². The molecule has 180 valence electrons. The highest BCUT2D eigenvalue weighted by atomic mass is 16.5. The Balaban J connectivity index is 1.37.